The number of amides is 1. The van der Waals surface area contributed by atoms with Gasteiger partial charge < -0.3 is 10.6 Å². The highest BCUT2D eigenvalue weighted by Crippen LogP contribution is 2.28. The van der Waals surface area contributed by atoms with Crippen LogP contribution in [0.1, 0.15) is 52.4 Å². The highest BCUT2D eigenvalue weighted by atomic mass is 16.1. The molecule has 20 heavy (non-hydrogen) atoms. The fraction of sp³-hybridized carbons (Fsp3) is 0.588. The minimum absolute atomic E-state index is 0.0589. The lowest BCUT2D eigenvalue weighted by molar-refractivity contribution is -0.115. The van der Waals surface area contributed by atoms with Crippen LogP contribution in [0.25, 0.3) is 0 Å². The maximum absolute atomic E-state index is 11.3. The van der Waals surface area contributed by atoms with Crippen LogP contribution in [0.3, 0.4) is 0 Å². The Balaban J connectivity index is 1.83. The molecule has 0 radical (unpaired) electrons. The fourth-order valence-electron chi connectivity index (χ4n) is 2.85. The number of carbonyl (C=O) groups is 1. The van der Waals surface area contributed by atoms with Gasteiger partial charge in [-0.05, 0) is 55.9 Å². The van der Waals surface area contributed by atoms with E-state index in [0.29, 0.717) is 12.5 Å². The Kier molecular flexibility index (Phi) is 5.45. The largest absolute Gasteiger partial charge is 0.382 e. The molecule has 0 aromatic heterocycles. The summed E-state index contributed by atoms with van der Waals surface area (Å²) in [4.78, 5) is 11.3. The van der Waals surface area contributed by atoms with Gasteiger partial charge in [0.05, 0.1) is 0 Å². The van der Waals surface area contributed by atoms with Gasteiger partial charge in [-0.25, -0.2) is 0 Å². The van der Waals surface area contributed by atoms with Gasteiger partial charge in [-0.3, -0.25) is 4.79 Å². The third kappa shape index (κ3) is 4.26. The topological polar surface area (TPSA) is 41.1 Å². The molecule has 0 heterocycles. The first-order valence-corrected chi connectivity index (χ1v) is 7.87. The van der Waals surface area contributed by atoms with Crippen LogP contribution >= 0.6 is 0 Å². The Bertz CT molecular complexity index is 419. The average Bonchev–Trinajstić information content (AvgIpc) is 2.50. The molecule has 1 aliphatic rings. The van der Waals surface area contributed by atoms with Gasteiger partial charge in [-0.1, -0.05) is 20.3 Å². The zero-order valence-electron chi connectivity index (χ0n) is 12.6. The summed E-state index contributed by atoms with van der Waals surface area (Å²) >= 11 is 0. The smallest absolute Gasteiger partial charge is 0.224 e. The molecule has 1 aromatic carbocycles. The molecule has 0 bridgehead atoms. The van der Waals surface area contributed by atoms with Gasteiger partial charge in [-0.15, -0.1) is 0 Å². The van der Waals surface area contributed by atoms with Crippen molar-refractivity contribution in [1.29, 1.82) is 0 Å². The van der Waals surface area contributed by atoms with Crippen molar-refractivity contribution in [3.63, 3.8) is 0 Å². The van der Waals surface area contributed by atoms with Crippen molar-refractivity contribution < 1.29 is 4.79 Å². The molecule has 1 aliphatic carbocycles. The van der Waals surface area contributed by atoms with Crippen molar-refractivity contribution in [2.45, 2.75) is 58.4 Å². The molecule has 2 N–H and O–H groups in total. The third-order valence-corrected chi connectivity index (χ3v) is 4.28. The van der Waals surface area contributed by atoms with E-state index >= 15 is 0 Å². The molecular weight excluding hydrogens is 248 g/mol. The molecule has 3 heteroatoms. The molecule has 1 aromatic rings. The number of rotatable bonds is 5. The van der Waals surface area contributed by atoms with E-state index < -0.39 is 0 Å². The Morgan fingerprint density at radius 3 is 2.20 bits per heavy atom. The van der Waals surface area contributed by atoms with E-state index in [0.717, 1.165) is 17.3 Å². The number of anilines is 2. The summed E-state index contributed by atoms with van der Waals surface area (Å²) in [6.07, 6.45) is 7.07. The van der Waals surface area contributed by atoms with Crippen LogP contribution in [0.2, 0.25) is 0 Å². The number of benzene rings is 1. The van der Waals surface area contributed by atoms with Crippen LogP contribution in [0.15, 0.2) is 24.3 Å². The fourth-order valence-corrected chi connectivity index (χ4v) is 2.85. The molecule has 0 saturated heterocycles. The minimum atomic E-state index is 0.0589. The molecule has 1 saturated carbocycles. The molecule has 0 aliphatic heterocycles. The van der Waals surface area contributed by atoms with Gasteiger partial charge in [0.15, 0.2) is 0 Å². The maximum atomic E-state index is 11.3. The van der Waals surface area contributed by atoms with E-state index in [1.165, 1.54) is 32.1 Å². The van der Waals surface area contributed by atoms with E-state index in [-0.39, 0.29) is 5.91 Å². The summed E-state index contributed by atoms with van der Waals surface area (Å²) in [6, 6.07) is 8.64. The Labute approximate surface area is 122 Å². The highest BCUT2D eigenvalue weighted by Gasteiger charge is 2.19. The summed E-state index contributed by atoms with van der Waals surface area (Å²) in [5, 5.41) is 6.48. The van der Waals surface area contributed by atoms with Crippen molar-refractivity contribution in [3.8, 4) is 0 Å². The van der Waals surface area contributed by atoms with E-state index in [1.807, 2.05) is 19.1 Å². The van der Waals surface area contributed by atoms with E-state index in [9.17, 15) is 4.79 Å². The number of carbonyl (C=O) groups excluding carboxylic acids is 1. The SMILES string of the molecule is CCC(=O)Nc1ccc(NC2CCC(CC)CC2)cc1. The first kappa shape index (κ1) is 14.9. The highest BCUT2D eigenvalue weighted by molar-refractivity contribution is 5.90. The number of hydrogen-bond acceptors (Lipinski definition) is 2. The van der Waals surface area contributed by atoms with Crippen LogP contribution < -0.4 is 10.6 Å². The standard InChI is InChI=1S/C17H26N2O/c1-3-13-5-7-14(8-6-13)18-15-9-11-16(12-10-15)19-17(20)4-2/h9-14,18H,3-8H2,1-2H3,(H,19,20). The normalized spacial score (nSPS) is 22.3. The predicted octanol–water partition coefficient (Wildman–Crippen LogP) is 4.42. The lowest BCUT2D eigenvalue weighted by Crippen LogP contribution is -2.25. The summed E-state index contributed by atoms with van der Waals surface area (Å²) < 4.78 is 0. The van der Waals surface area contributed by atoms with Crippen molar-refractivity contribution in [2.75, 3.05) is 10.6 Å². The van der Waals surface area contributed by atoms with Crippen molar-refractivity contribution in [3.05, 3.63) is 24.3 Å². The molecular formula is C17H26N2O. The van der Waals surface area contributed by atoms with Gasteiger partial charge in [0.2, 0.25) is 5.91 Å². The second kappa shape index (κ2) is 7.32. The summed E-state index contributed by atoms with van der Waals surface area (Å²) in [5.74, 6) is 0.989. The second-order valence-electron chi connectivity index (χ2n) is 5.75. The second-order valence-corrected chi connectivity index (χ2v) is 5.75. The molecule has 2 rings (SSSR count). The van der Waals surface area contributed by atoms with Gasteiger partial charge in [0, 0.05) is 23.8 Å². The van der Waals surface area contributed by atoms with Gasteiger partial charge in [0.1, 0.15) is 0 Å². The molecule has 3 nitrogen and oxygen atoms in total. The van der Waals surface area contributed by atoms with Crippen LogP contribution in [-0.4, -0.2) is 11.9 Å². The molecule has 1 fully saturated rings. The van der Waals surface area contributed by atoms with E-state index in [1.54, 1.807) is 0 Å². The lowest BCUT2D eigenvalue weighted by atomic mass is 9.84. The number of hydrogen-bond donors (Lipinski definition) is 2. The zero-order chi connectivity index (χ0) is 14.4. The monoisotopic (exact) mass is 274 g/mol. The minimum Gasteiger partial charge on any atom is -0.382 e. The van der Waals surface area contributed by atoms with Gasteiger partial charge in [-0.2, -0.15) is 0 Å². The number of nitrogens with one attached hydrogen (secondary N) is 2. The Morgan fingerprint density at radius 1 is 1.05 bits per heavy atom. The molecule has 1 amide bonds. The Hall–Kier alpha value is -1.51. The lowest BCUT2D eigenvalue weighted by Gasteiger charge is -2.29. The van der Waals surface area contributed by atoms with Crippen LogP contribution in [-0.2, 0) is 4.79 Å². The first-order chi connectivity index (χ1) is 9.71. The van der Waals surface area contributed by atoms with Crippen LogP contribution in [0.5, 0.6) is 0 Å². The van der Waals surface area contributed by atoms with Crippen molar-refractivity contribution in [1.82, 2.24) is 0 Å². The maximum Gasteiger partial charge on any atom is 0.224 e. The van der Waals surface area contributed by atoms with Gasteiger partial charge in [0.25, 0.3) is 0 Å². The average molecular weight is 274 g/mol. The van der Waals surface area contributed by atoms with Crippen LogP contribution in [0, 0.1) is 5.92 Å². The van der Waals surface area contributed by atoms with Gasteiger partial charge >= 0.3 is 0 Å². The third-order valence-electron chi connectivity index (χ3n) is 4.28. The van der Waals surface area contributed by atoms with E-state index in [4.69, 9.17) is 0 Å². The zero-order valence-corrected chi connectivity index (χ0v) is 12.6. The molecule has 0 atom stereocenters. The summed E-state index contributed by atoms with van der Waals surface area (Å²) in [6.45, 7) is 4.15. The van der Waals surface area contributed by atoms with Crippen molar-refractivity contribution in [2.24, 2.45) is 5.92 Å². The molecule has 0 unspecified atom stereocenters. The summed E-state index contributed by atoms with van der Waals surface area (Å²) in [7, 11) is 0. The van der Waals surface area contributed by atoms with Crippen molar-refractivity contribution >= 4 is 17.3 Å². The Morgan fingerprint density at radius 2 is 1.65 bits per heavy atom. The summed E-state index contributed by atoms with van der Waals surface area (Å²) in [5.41, 5.74) is 2.02. The quantitative estimate of drug-likeness (QED) is 0.834. The predicted molar refractivity (Wildman–Crippen MR) is 85.0 cm³/mol. The first-order valence-electron chi connectivity index (χ1n) is 7.87. The molecule has 0 spiro atoms. The van der Waals surface area contributed by atoms with Crippen LogP contribution in [0.4, 0.5) is 11.4 Å². The molecule has 110 valence electrons. The van der Waals surface area contributed by atoms with E-state index in [2.05, 4.69) is 29.7 Å².